The number of aliphatic hydroxyl groups is 1. The molecule has 2 aromatic heterocycles. The van der Waals surface area contributed by atoms with Crippen molar-refractivity contribution >= 4 is 22.4 Å². The zero-order valence-corrected chi connectivity index (χ0v) is 13.9. The van der Waals surface area contributed by atoms with Crippen molar-refractivity contribution in [2.75, 3.05) is 18.4 Å². The highest BCUT2D eigenvalue weighted by Crippen LogP contribution is 2.29. The van der Waals surface area contributed by atoms with Gasteiger partial charge < -0.3 is 19.7 Å². The highest BCUT2D eigenvalue weighted by Gasteiger charge is 2.32. The molecule has 23 heavy (non-hydrogen) atoms. The van der Waals surface area contributed by atoms with Crippen LogP contribution in [0.2, 0.25) is 0 Å². The molecule has 0 aliphatic carbocycles. The summed E-state index contributed by atoms with van der Waals surface area (Å²) in [7, 11) is 0. The van der Waals surface area contributed by atoms with Crippen LogP contribution < -0.4 is 5.32 Å². The number of anilines is 1. The SMILES string of the molecule is CCNc1nc(C(=O)N2CCC[C@@H]2C[C@@H](O)c2ccco2)cs1. The Morgan fingerprint density at radius 3 is 3.26 bits per heavy atom. The molecule has 1 aliphatic rings. The Bertz CT molecular complexity index is 641. The number of rotatable bonds is 6. The zero-order chi connectivity index (χ0) is 16.2. The van der Waals surface area contributed by atoms with Crippen molar-refractivity contribution in [3.8, 4) is 0 Å². The topological polar surface area (TPSA) is 78.6 Å². The van der Waals surface area contributed by atoms with Gasteiger partial charge in [-0.15, -0.1) is 11.3 Å². The minimum absolute atomic E-state index is 0.0203. The van der Waals surface area contributed by atoms with E-state index in [2.05, 4.69) is 10.3 Å². The Morgan fingerprint density at radius 1 is 1.65 bits per heavy atom. The quantitative estimate of drug-likeness (QED) is 0.848. The van der Waals surface area contributed by atoms with Crippen LogP contribution >= 0.6 is 11.3 Å². The van der Waals surface area contributed by atoms with Gasteiger partial charge in [0.05, 0.1) is 6.26 Å². The summed E-state index contributed by atoms with van der Waals surface area (Å²) in [5.74, 6) is 0.493. The lowest BCUT2D eigenvalue weighted by molar-refractivity contribution is 0.0637. The first kappa shape index (κ1) is 16.0. The predicted octanol–water partition coefficient (Wildman–Crippen LogP) is 2.90. The maximum atomic E-state index is 12.7. The molecule has 3 rings (SSSR count). The monoisotopic (exact) mass is 335 g/mol. The van der Waals surface area contributed by atoms with Gasteiger partial charge in [-0.1, -0.05) is 0 Å². The molecular weight excluding hydrogens is 314 g/mol. The van der Waals surface area contributed by atoms with Crippen LogP contribution in [0.15, 0.2) is 28.2 Å². The molecule has 6 nitrogen and oxygen atoms in total. The van der Waals surface area contributed by atoms with E-state index in [0.29, 0.717) is 24.4 Å². The van der Waals surface area contributed by atoms with E-state index in [0.717, 1.165) is 24.5 Å². The number of aromatic nitrogens is 1. The van der Waals surface area contributed by atoms with Crippen molar-refractivity contribution < 1.29 is 14.3 Å². The molecule has 0 unspecified atom stereocenters. The molecule has 0 bridgehead atoms. The highest BCUT2D eigenvalue weighted by atomic mass is 32.1. The molecule has 7 heteroatoms. The smallest absolute Gasteiger partial charge is 0.273 e. The number of nitrogens with one attached hydrogen (secondary N) is 1. The van der Waals surface area contributed by atoms with E-state index in [-0.39, 0.29) is 11.9 Å². The first-order valence-corrected chi connectivity index (χ1v) is 8.78. The average molecular weight is 335 g/mol. The lowest BCUT2D eigenvalue weighted by Gasteiger charge is -2.25. The zero-order valence-electron chi connectivity index (χ0n) is 13.1. The van der Waals surface area contributed by atoms with Crippen LogP contribution in [0.4, 0.5) is 5.13 Å². The third-order valence-electron chi connectivity index (χ3n) is 4.06. The van der Waals surface area contributed by atoms with Crippen LogP contribution in [0.5, 0.6) is 0 Å². The van der Waals surface area contributed by atoms with Gasteiger partial charge in [-0.25, -0.2) is 4.98 Å². The molecule has 0 spiro atoms. The molecule has 1 saturated heterocycles. The Kier molecular flexibility index (Phi) is 4.97. The van der Waals surface area contributed by atoms with Gasteiger partial charge in [-0.2, -0.15) is 0 Å². The lowest BCUT2D eigenvalue weighted by atomic mass is 10.0. The summed E-state index contributed by atoms with van der Waals surface area (Å²) in [5, 5.41) is 15.9. The average Bonchev–Trinajstić information content (AvgIpc) is 3.28. The second-order valence-corrected chi connectivity index (χ2v) is 6.49. The molecule has 2 aromatic rings. The van der Waals surface area contributed by atoms with Gasteiger partial charge >= 0.3 is 0 Å². The highest BCUT2D eigenvalue weighted by molar-refractivity contribution is 7.13. The molecule has 0 aromatic carbocycles. The van der Waals surface area contributed by atoms with E-state index in [9.17, 15) is 9.90 Å². The number of likely N-dealkylation sites (tertiary alicyclic amines) is 1. The van der Waals surface area contributed by atoms with Gasteiger partial charge in [-0.05, 0) is 31.9 Å². The van der Waals surface area contributed by atoms with Gasteiger partial charge in [0, 0.05) is 30.9 Å². The number of hydrogen-bond acceptors (Lipinski definition) is 6. The van der Waals surface area contributed by atoms with Crippen LogP contribution in [0, 0.1) is 0 Å². The summed E-state index contributed by atoms with van der Waals surface area (Å²) in [6, 6.07) is 3.54. The fourth-order valence-corrected chi connectivity index (χ4v) is 3.71. The summed E-state index contributed by atoms with van der Waals surface area (Å²) in [6.07, 6.45) is 3.20. The van der Waals surface area contributed by atoms with E-state index in [1.807, 2.05) is 11.8 Å². The van der Waals surface area contributed by atoms with E-state index in [1.54, 1.807) is 23.8 Å². The maximum absolute atomic E-state index is 12.7. The second-order valence-electron chi connectivity index (χ2n) is 5.63. The molecule has 1 aliphatic heterocycles. The van der Waals surface area contributed by atoms with Crippen molar-refractivity contribution in [3.05, 3.63) is 35.2 Å². The maximum Gasteiger partial charge on any atom is 0.273 e. The summed E-state index contributed by atoms with van der Waals surface area (Å²) in [5.41, 5.74) is 0.477. The number of carbonyl (C=O) groups is 1. The fourth-order valence-electron chi connectivity index (χ4n) is 2.95. The number of nitrogens with zero attached hydrogens (tertiary/aromatic N) is 2. The molecule has 2 atom stereocenters. The minimum atomic E-state index is -0.684. The first-order chi connectivity index (χ1) is 11.2. The number of amides is 1. The molecule has 0 radical (unpaired) electrons. The fraction of sp³-hybridized carbons (Fsp3) is 0.500. The van der Waals surface area contributed by atoms with Gasteiger partial charge in [-0.3, -0.25) is 4.79 Å². The van der Waals surface area contributed by atoms with Crippen LogP contribution in [-0.2, 0) is 0 Å². The Morgan fingerprint density at radius 2 is 2.52 bits per heavy atom. The Balaban J connectivity index is 1.66. The molecule has 3 heterocycles. The van der Waals surface area contributed by atoms with Crippen molar-refractivity contribution in [1.82, 2.24) is 9.88 Å². The van der Waals surface area contributed by atoms with E-state index < -0.39 is 6.10 Å². The molecule has 1 fully saturated rings. The molecular formula is C16H21N3O3S. The molecule has 2 N–H and O–H groups in total. The van der Waals surface area contributed by atoms with Gasteiger partial charge in [0.2, 0.25) is 0 Å². The number of thiazole rings is 1. The molecule has 124 valence electrons. The van der Waals surface area contributed by atoms with Crippen molar-refractivity contribution in [3.63, 3.8) is 0 Å². The largest absolute Gasteiger partial charge is 0.467 e. The number of aliphatic hydroxyl groups excluding tert-OH is 1. The Labute approximate surface area is 139 Å². The third kappa shape index (κ3) is 3.56. The number of furan rings is 1. The van der Waals surface area contributed by atoms with Crippen LogP contribution in [0.25, 0.3) is 0 Å². The lowest BCUT2D eigenvalue weighted by Crippen LogP contribution is -2.36. The summed E-state index contributed by atoms with van der Waals surface area (Å²) in [6.45, 7) is 3.49. The van der Waals surface area contributed by atoms with Crippen molar-refractivity contribution in [2.45, 2.75) is 38.3 Å². The number of carbonyl (C=O) groups excluding carboxylic acids is 1. The van der Waals surface area contributed by atoms with Crippen LogP contribution in [0.3, 0.4) is 0 Å². The summed E-state index contributed by atoms with van der Waals surface area (Å²) in [4.78, 5) is 18.9. The second kappa shape index (κ2) is 7.14. The van der Waals surface area contributed by atoms with Crippen molar-refractivity contribution in [1.29, 1.82) is 0 Å². The summed E-state index contributed by atoms with van der Waals surface area (Å²) >= 11 is 1.44. The third-order valence-corrected chi connectivity index (χ3v) is 4.86. The van der Waals surface area contributed by atoms with E-state index in [4.69, 9.17) is 4.42 Å². The van der Waals surface area contributed by atoms with Gasteiger partial charge in [0.15, 0.2) is 5.13 Å². The van der Waals surface area contributed by atoms with E-state index >= 15 is 0 Å². The molecule has 0 saturated carbocycles. The predicted molar refractivity (Wildman–Crippen MR) is 88.6 cm³/mol. The molecule has 1 amide bonds. The van der Waals surface area contributed by atoms with Crippen LogP contribution in [0.1, 0.15) is 48.5 Å². The Hall–Kier alpha value is -1.86. The standard InChI is InChI=1S/C16H21N3O3S/c1-2-17-16-18-12(10-23-16)15(21)19-7-3-5-11(19)9-13(20)14-6-4-8-22-14/h4,6,8,10-11,13,20H,2-3,5,7,9H2,1H3,(H,17,18)/t11-,13-/m1/s1. The summed E-state index contributed by atoms with van der Waals surface area (Å²) < 4.78 is 5.24. The first-order valence-electron chi connectivity index (χ1n) is 7.91. The van der Waals surface area contributed by atoms with Gasteiger partial charge in [0.1, 0.15) is 17.6 Å². The van der Waals surface area contributed by atoms with Gasteiger partial charge in [0.25, 0.3) is 5.91 Å². The normalized spacial score (nSPS) is 19.0. The minimum Gasteiger partial charge on any atom is -0.467 e. The van der Waals surface area contributed by atoms with Crippen LogP contribution in [-0.4, -0.2) is 40.0 Å². The van der Waals surface area contributed by atoms with E-state index in [1.165, 1.54) is 11.3 Å². The van der Waals surface area contributed by atoms with Crippen molar-refractivity contribution in [2.24, 2.45) is 0 Å². The number of hydrogen-bond donors (Lipinski definition) is 2.